The van der Waals surface area contributed by atoms with Crippen LogP contribution < -0.4 is 0 Å². The number of hydrogen-bond donors (Lipinski definition) is 0. The fraction of sp³-hybridized carbons (Fsp3) is 0. The molecule has 0 aliphatic rings. The molecule has 0 saturated carbocycles. The van der Waals surface area contributed by atoms with Crippen molar-refractivity contribution in [3.05, 3.63) is 303 Å². The van der Waals surface area contributed by atoms with Crippen LogP contribution in [0.2, 0.25) is 0 Å². The van der Waals surface area contributed by atoms with E-state index in [2.05, 4.69) is 317 Å². The van der Waals surface area contributed by atoms with Gasteiger partial charge in [0.1, 0.15) is 0 Å². The summed E-state index contributed by atoms with van der Waals surface area (Å²) in [6.45, 7) is 0. The van der Waals surface area contributed by atoms with Gasteiger partial charge < -0.3 is 4.57 Å². The predicted octanol–water partition coefficient (Wildman–Crippen LogP) is 24.6. The summed E-state index contributed by atoms with van der Waals surface area (Å²) in [7, 11) is 0. The number of benzene rings is 14. The molecule has 0 atom stereocenters. The maximum Gasteiger partial charge on any atom is 0.240 e. The van der Waals surface area contributed by atoms with E-state index >= 15 is 0 Å². The molecule has 0 aliphatic heterocycles. The maximum absolute atomic E-state index is 5.59. The highest BCUT2D eigenvalue weighted by molar-refractivity contribution is 7.26. The average molecular weight is 1280 g/mol. The lowest BCUT2D eigenvalue weighted by atomic mass is 10.0. The van der Waals surface area contributed by atoms with Gasteiger partial charge >= 0.3 is 0 Å². The Labute approximate surface area is 561 Å². The van der Waals surface area contributed by atoms with Crippen molar-refractivity contribution in [2.45, 2.75) is 0 Å². The van der Waals surface area contributed by atoms with E-state index in [1.165, 1.54) is 105 Å². The molecule has 7 heterocycles. The smallest absolute Gasteiger partial charge is 0.240 e. The highest BCUT2D eigenvalue weighted by Crippen LogP contribution is 2.44. The van der Waals surface area contributed by atoms with E-state index < -0.39 is 0 Å². The quantitative estimate of drug-likeness (QED) is 0.152. The maximum atomic E-state index is 5.59. The van der Waals surface area contributed by atoms with Gasteiger partial charge in [-0.25, -0.2) is 0 Å². The average Bonchev–Trinajstić information content (AvgIpc) is 1.58. The topological polar surface area (TPSA) is 53.5 Å². The fourth-order valence-corrected chi connectivity index (χ4v) is 18.6. The molecule has 9 heteroatoms. The minimum absolute atomic E-state index is 0.537. The molecule has 14 aromatic carbocycles. The van der Waals surface area contributed by atoms with Crippen LogP contribution >= 0.6 is 34.0 Å². The van der Waals surface area contributed by atoms with Gasteiger partial charge in [0.25, 0.3) is 0 Å². The van der Waals surface area contributed by atoms with Crippen LogP contribution in [0, 0.1) is 0 Å². The molecule has 0 radical (unpaired) electrons. The summed E-state index contributed by atoms with van der Waals surface area (Å²) in [6.07, 6.45) is 0. The summed E-state index contributed by atoms with van der Waals surface area (Å²) < 4.78 is 14.7. The molecule has 446 valence electrons. The van der Waals surface area contributed by atoms with Gasteiger partial charge in [-0.15, -0.1) is 34.0 Å². The lowest BCUT2D eigenvalue weighted by Crippen LogP contribution is -2.10. The molecule has 0 aliphatic carbocycles. The van der Waals surface area contributed by atoms with Gasteiger partial charge in [-0.05, 0) is 148 Å². The van der Waals surface area contributed by atoms with Crippen LogP contribution in [-0.4, -0.2) is 28.7 Å². The normalized spacial score (nSPS) is 12.2. The van der Waals surface area contributed by atoms with Gasteiger partial charge in [-0.2, -0.15) is 15.0 Å². The van der Waals surface area contributed by atoms with Crippen molar-refractivity contribution in [3.63, 3.8) is 0 Å². The summed E-state index contributed by atoms with van der Waals surface area (Å²) in [5, 5.41) is 14.8. The van der Waals surface area contributed by atoms with E-state index in [1.807, 2.05) is 34.0 Å². The standard InChI is InChI=1S/C87H50N6S3/c1-7-19-73-61(13-1)70-45-54(57-31-39-67-64-16-4-10-22-79(64)94-82(67)48-57)34-42-76(70)91(73)60-37-29-52(30-38-60)51-25-27-53(28-26-51)85-88-86(92-74-20-8-2-14-62(74)71-46-55(35-43-77(71)92)58-32-40-68-65-17-5-11-23-80(65)95-83(68)49-58)90-87(89-85)93-75-21-9-3-15-63(75)72-47-56(36-44-78(72)93)59-33-41-69-66-18-6-12-24-81(66)96-84(69)50-59/h1-50H. The molecular formula is C87H50N6S3. The summed E-state index contributed by atoms with van der Waals surface area (Å²) in [5.41, 5.74) is 17.7. The number of hydrogen-bond acceptors (Lipinski definition) is 6. The van der Waals surface area contributed by atoms with Crippen molar-refractivity contribution in [3.8, 4) is 73.5 Å². The molecule has 7 aromatic heterocycles. The van der Waals surface area contributed by atoms with Gasteiger partial charge in [0, 0.05) is 104 Å². The Kier molecular flexibility index (Phi) is 11.6. The first-order valence-electron chi connectivity index (χ1n) is 32.4. The van der Waals surface area contributed by atoms with Crippen LogP contribution in [-0.2, 0) is 0 Å². The molecule has 21 rings (SSSR count). The zero-order chi connectivity index (χ0) is 62.7. The van der Waals surface area contributed by atoms with Crippen molar-refractivity contribution < 1.29 is 0 Å². The SMILES string of the molecule is c1ccc2c(c1)sc1cc(-c3ccc4c(c3)c3ccccc3n4-c3ccc(-c4ccc(-c5nc(-n6c7ccccc7c7cc(-c8ccc9c(c8)sc8ccccc89)ccc76)nc(-n6c7ccccc7c7cc(-c8ccc9c(c8)sc8ccccc89)ccc76)n5)cc4)cc3)ccc12. The van der Waals surface area contributed by atoms with Crippen molar-refractivity contribution in [1.82, 2.24) is 28.7 Å². The van der Waals surface area contributed by atoms with Crippen LogP contribution in [0.1, 0.15) is 0 Å². The zero-order valence-electron chi connectivity index (χ0n) is 51.3. The Hall–Kier alpha value is -11.9. The second-order valence-corrected chi connectivity index (χ2v) is 28.3. The van der Waals surface area contributed by atoms with Crippen molar-refractivity contribution >= 4 is 160 Å². The van der Waals surface area contributed by atoms with Crippen LogP contribution in [0.3, 0.4) is 0 Å². The van der Waals surface area contributed by atoms with Gasteiger partial charge in [0.05, 0.1) is 33.1 Å². The number of nitrogens with zero attached hydrogens (tertiary/aromatic N) is 6. The van der Waals surface area contributed by atoms with Gasteiger partial charge in [0.2, 0.25) is 11.9 Å². The van der Waals surface area contributed by atoms with E-state index in [4.69, 9.17) is 15.0 Å². The van der Waals surface area contributed by atoms with Crippen LogP contribution in [0.25, 0.3) is 199 Å². The lowest BCUT2D eigenvalue weighted by Gasteiger charge is -2.13. The van der Waals surface area contributed by atoms with Crippen LogP contribution in [0.4, 0.5) is 0 Å². The molecule has 0 bridgehead atoms. The van der Waals surface area contributed by atoms with Gasteiger partial charge in [-0.3, -0.25) is 9.13 Å². The summed E-state index contributed by atoms with van der Waals surface area (Å²) in [4.78, 5) is 16.6. The Morgan fingerprint density at radius 3 is 0.875 bits per heavy atom. The van der Waals surface area contributed by atoms with E-state index in [9.17, 15) is 0 Å². The van der Waals surface area contributed by atoms with Crippen molar-refractivity contribution in [2.75, 3.05) is 0 Å². The second-order valence-electron chi connectivity index (χ2n) is 25.1. The second kappa shape index (κ2) is 20.8. The molecule has 0 fully saturated rings. The van der Waals surface area contributed by atoms with E-state index in [-0.39, 0.29) is 0 Å². The molecule has 0 amide bonds. The Balaban J connectivity index is 0.679. The summed E-state index contributed by atoms with van der Waals surface area (Å²) in [5.74, 6) is 1.65. The third-order valence-electron chi connectivity index (χ3n) is 19.8. The highest BCUT2D eigenvalue weighted by Gasteiger charge is 2.23. The highest BCUT2D eigenvalue weighted by atomic mass is 32.1. The molecule has 96 heavy (non-hydrogen) atoms. The van der Waals surface area contributed by atoms with E-state index in [1.54, 1.807) is 0 Å². The molecule has 6 nitrogen and oxygen atoms in total. The molecule has 0 N–H and O–H groups in total. The molecular weight excluding hydrogens is 1230 g/mol. The molecule has 0 spiro atoms. The predicted molar refractivity (Wildman–Crippen MR) is 409 cm³/mol. The number of para-hydroxylation sites is 3. The first-order chi connectivity index (χ1) is 47.5. The molecule has 0 saturated heterocycles. The monoisotopic (exact) mass is 1270 g/mol. The summed E-state index contributed by atoms with van der Waals surface area (Å²) in [6, 6.07) is 111. The van der Waals surface area contributed by atoms with Crippen molar-refractivity contribution in [1.29, 1.82) is 0 Å². The molecule has 0 unspecified atom stereocenters. The number of aromatic nitrogens is 6. The third-order valence-corrected chi connectivity index (χ3v) is 23.2. The van der Waals surface area contributed by atoms with Crippen LogP contribution in [0.15, 0.2) is 303 Å². The lowest BCUT2D eigenvalue weighted by molar-refractivity contribution is 0.893. The fourth-order valence-electron chi connectivity index (χ4n) is 15.2. The van der Waals surface area contributed by atoms with Crippen LogP contribution in [0.5, 0.6) is 0 Å². The largest absolute Gasteiger partial charge is 0.309 e. The molecule has 21 aromatic rings. The number of rotatable bonds is 8. The Bertz CT molecular complexity index is 6590. The Morgan fingerprint density at radius 2 is 0.469 bits per heavy atom. The van der Waals surface area contributed by atoms with Crippen molar-refractivity contribution in [2.24, 2.45) is 0 Å². The Morgan fingerprint density at radius 1 is 0.188 bits per heavy atom. The number of fused-ring (bicyclic) bond motifs is 18. The minimum Gasteiger partial charge on any atom is -0.309 e. The minimum atomic E-state index is 0.537. The van der Waals surface area contributed by atoms with E-state index in [0.29, 0.717) is 17.7 Å². The zero-order valence-corrected chi connectivity index (χ0v) is 53.7. The first-order valence-corrected chi connectivity index (χ1v) is 34.8. The summed E-state index contributed by atoms with van der Waals surface area (Å²) >= 11 is 5.56. The third kappa shape index (κ3) is 8.25. The number of thiophene rings is 3. The van der Waals surface area contributed by atoms with E-state index in [0.717, 1.165) is 77.1 Å². The first kappa shape index (κ1) is 53.6. The van der Waals surface area contributed by atoms with Gasteiger partial charge in [0.15, 0.2) is 5.82 Å². The van der Waals surface area contributed by atoms with Gasteiger partial charge in [-0.1, -0.05) is 200 Å².